The van der Waals surface area contributed by atoms with Gasteiger partial charge in [0.15, 0.2) is 0 Å². The molecule has 1 aromatic heterocycles. The van der Waals surface area contributed by atoms with Crippen LogP contribution in [-0.4, -0.2) is 22.0 Å². The Labute approximate surface area is 108 Å². The number of nitrogens with one attached hydrogen (secondary N) is 2. The van der Waals surface area contributed by atoms with Gasteiger partial charge in [0.25, 0.3) is 0 Å². The van der Waals surface area contributed by atoms with Gasteiger partial charge in [0, 0.05) is 7.05 Å². The number of nitrogens with zero attached hydrogens (tertiary/aromatic N) is 3. The zero-order valence-electron chi connectivity index (χ0n) is 9.83. The van der Waals surface area contributed by atoms with E-state index in [2.05, 4.69) is 25.6 Å². The van der Waals surface area contributed by atoms with Crippen molar-refractivity contribution in [3.63, 3.8) is 0 Å². The number of benzene rings is 1. The lowest BCUT2D eigenvalue weighted by atomic mass is 10.2. The number of hydrogen-bond donors (Lipinski definition) is 2. The molecule has 0 radical (unpaired) electrons. The van der Waals surface area contributed by atoms with Crippen LogP contribution in [0.5, 0.6) is 0 Å². The van der Waals surface area contributed by atoms with Gasteiger partial charge >= 0.3 is 0 Å². The topological polar surface area (TPSA) is 62.7 Å². The van der Waals surface area contributed by atoms with E-state index in [1.165, 1.54) is 6.07 Å². The van der Waals surface area contributed by atoms with Crippen LogP contribution in [0, 0.1) is 12.7 Å². The Morgan fingerprint density at radius 3 is 2.56 bits per heavy atom. The second-order valence-electron chi connectivity index (χ2n) is 3.61. The van der Waals surface area contributed by atoms with Gasteiger partial charge in [-0.15, -0.1) is 0 Å². The average Bonchev–Trinajstić information content (AvgIpc) is 2.32. The summed E-state index contributed by atoms with van der Waals surface area (Å²) in [6, 6.07) is 4.82. The van der Waals surface area contributed by atoms with Crippen molar-refractivity contribution >= 4 is 29.2 Å². The van der Waals surface area contributed by atoms with E-state index in [1.54, 1.807) is 19.2 Å². The largest absolute Gasteiger partial charge is 0.357 e. The first-order valence-electron chi connectivity index (χ1n) is 5.21. The van der Waals surface area contributed by atoms with Crippen molar-refractivity contribution < 1.29 is 4.39 Å². The highest BCUT2D eigenvalue weighted by atomic mass is 35.5. The maximum atomic E-state index is 13.6. The molecule has 2 N–H and O–H groups in total. The fraction of sp³-hybridized carbons (Fsp3) is 0.182. The van der Waals surface area contributed by atoms with Gasteiger partial charge in [0.2, 0.25) is 17.2 Å². The van der Waals surface area contributed by atoms with Crippen molar-refractivity contribution in [3.05, 3.63) is 34.9 Å². The third-order valence-electron chi connectivity index (χ3n) is 2.20. The third kappa shape index (κ3) is 2.84. The summed E-state index contributed by atoms with van der Waals surface area (Å²) in [6.45, 7) is 1.81. The van der Waals surface area contributed by atoms with Gasteiger partial charge in [-0.3, -0.25) is 0 Å². The van der Waals surface area contributed by atoms with Crippen LogP contribution < -0.4 is 10.6 Å². The van der Waals surface area contributed by atoms with Crippen LogP contribution in [0.1, 0.15) is 5.56 Å². The molecule has 1 heterocycles. The highest BCUT2D eigenvalue weighted by Crippen LogP contribution is 2.19. The van der Waals surface area contributed by atoms with Gasteiger partial charge in [-0.25, -0.2) is 4.39 Å². The van der Waals surface area contributed by atoms with Gasteiger partial charge in [-0.05, 0) is 36.2 Å². The van der Waals surface area contributed by atoms with E-state index in [1.807, 2.05) is 6.92 Å². The molecule has 18 heavy (non-hydrogen) atoms. The molecule has 0 unspecified atom stereocenters. The quantitative estimate of drug-likeness (QED) is 0.895. The zero-order valence-corrected chi connectivity index (χ0v) is 10.6. The second-order valence-corrected chi connectivity index (χ2v) is 3.95. The molecule has 0 spiro atoms. The molecule has 1 aromatic carbocycles. The molecule has 5 nitrogen and oxygen atoms in total. The molecule has 0 aliphatic rings. The Morgan fingerprint density at radius 2 is 1.89 bits per heavy atom. The van der Waals surface area contributed by atoms with Crippen LogP contribution >= 0.6 is 11.6 Å². The maximum absolute atomic E-state index is 13.6. The molecular weight excluding hydrogens is 257 g/mol. The summed E-state index contributed by atoms with van der Waals surface area (Å²) in [7, 11) is 1.65. The second kappa shape index (κ2) is 5.14. The van der Waals surface area contributed by atoms with Gasteiger partial charge in [-0.2, -0.15) is 15.0 Å². The first-order valence-corrected chi connectivity index (χ1v) is 5.59. The average molecular weight is 268 g/mol. The van der Waals surface area contributed by atoms with Gasteiger partial charge in [0.1, 0.15) is 5.82 Å². The van der Waals surface area contributed by atoms with Crippen molar-refractivity contribution in [2.75, 3.05) is 17.7 Å². The molecule has 2 rings (SSSR count). The molecule has 94 valence electrons. The lowest BCUT2D eigenvalue weighted by Crippen LogP contribution is -2.04. The molecule has 0 aliphatic heterocycles. The number of hydrogen-bond acceptors (Lipinski definition) is 5. The summed E-state index contributed by atoms with van der Waals surface area (Å²) < 4.78 is 13.6. The van der Waals surface area contributed by atoms with Crippen molar-refractivity contribution in [2.45, 2.75) is 6.92 Å². The molecule has 7 heteroatoms. The first kappa shape index (κ1) is 12.5. The third-order valence-corrected chi connectivity index (χ3v) is 2.37. The molecule has 0 aliphatic carbocycles. The summed E-state index contributed by atoms with van der Waals surface area (Å²) >= 11 is 5.72. The van der Waals surface area contributed by atoms with E-state index in [4.69, 9.17) is 11.6 Å². The molecule has 2 aromatic rings. The van der Waals surface area contributed by atoms with Crippen LogP contribution in [0.2, 0.25) is 5.28 Å². The van der Waals surface area contributed by atoms with Gasteiger partial charge in [0.05, 0.1) is 5.69 Å². The van der Waals surface area contributed by atoms with E-state index in [9.17, 15) is 4.39 Å². The minimum absolute atomic E-state index is 0.0318. The molecule has 0 bridgehead atoms. The van der Waals surface area contributed by atoms with Crippen molar-refractivity contribution in [3.8, 4) is 0 Å². The van der Waals surface area contributed by atoms with E-state index < -0.39 is 0 Å². The van der Waals surface area contributed by atoms with Gasteiger partial charge in [-0.1, -0.05) is 6.07 Å². The van der Waals surface area contributed by atoms with Crippen molar-refractivity contribution in [1.29, 1.82) is 0 Å². The Hall–Kier alpha value is -1.95. The SMILES string of the molecule is CNc1nc(Cl)nc(Nc2ccc(C)cc2F)n1. The summed E-state index contributed by atoms with van der Waals surface area (Å²) in [6.07, 6.45) is 0. The lowest BCUT2D eigenvalue weighted by molar-refractivity contribution is 0.630. The lowest BCUT2D eigenvalue weighted by Gasteiger charge is -2.07. The number of anilines is 3. The molecular formula is C11H11ClFN5. The monoisotopic (exact) mass is 267 g/mol. The Balaban J connectivity index is 2.30. The van der Waals surface area contributed by atoms with Crippen molar-refractivity contribution in [2.24, 2.45) is 0 Å². The zero-order chi connectivity index (χ0) is 13.1. The predicted octanol–water partition coefficient (Wildman–Crippen LogP) is 2.76. The number of halogens is 2. The molecule has 0 fully saturated rings. The van der Waals surface area contributed by atoms with E-state index >= 15 is 0 Å². The van der Waals surface area contributed by atoms with E-state index in [0.29, 0.717) is 5.95 Å². The summed E-state index contributed by atoms with van der Waals surface area (Å²) in [5, 5.41) is 5.52. The summed E-state index contributed by atoms with van der Waals surface area (Å²) in [5.74, 6) is 0.115. The van der Waals surface area contributed by atoms with Crippen LogP contribution in [0.15, 0.2) is 18.2 Å². The van der Waals surface area contributed by atoms with Crippen LogP contribution in [0.25, 0.3) is 0 Å². The number of aromatic nitrogens is 3. The minimum Gasteiger partial charge on any atom is -0.357 e. The fourth-order valence-electron chi connectivity index (χ4n) is 1.36. The predicted molar refractivity (Wildman–Crippen MR) is 68.8 cm³/mol. The molecule has 0 saturated heterocycles. The number of aryl methyl sites for hydroxylation is 1. The maximum Gasteiger partial charge on any atom is 0.233 e. The minimum atomic E-state index is -0.377. The standard InChI is InChI=1S/C11H11ClFN5/c1-6-3-4-8(7(13)5-6)15-11-17-9(12)16-10(14-2)18-11/h3-5H,1-2H3,(H2,14,15,16,17,18). The van der Waals surface area contributed by atoms with Crippen LogP contribution in [-0.2, 0) is 0 Å². The highest BCUT2D eigenvalue weighted by molar-refractivity contribution is 6.28. The summed E-state index contributed by atoms with van der Waals surface area (Å²) in [4.78, 5) is 11.7. The van der Waals surface area contributed by atoms with Crippen LogP contribution in [0.3, 0.4) is 0 Å². The van der Waals surface area contributed by atoms with Gasteiger partial charge < -0.3 is 10.6 Å². The normalized spacial score (nSPS) is 10.2. The highest BCUT2D eigenvalue weighted by Gasteiger charge is 2.07. The van der Waals surface area contributed by atoms with Crippen molar-refractivity contribution in [1.82, 2.24) is 15.0 Å². The molecule has 0 atom stereocenters. The fourth-order valence-corrected chi connectivity index (χ4v) is 1.52. The van der Waals surface area contributed by atoms with Crippen LogP contribution in [0.4, 0.5) is 22.0 Å². The summed E-state index contributed by atoms with van der Waals surface area (Å²) in [5.41, 5.74) is 1.12. The van der Waals surface area contributed by atoms with E-state index in [-0.39, 0.29) is 22.7 Å². The molecule has 0 saturated carbocycles. The smallest absolute Gasteiger partial charge is 0.233 e. The first-order chi connectivity index (χ1) is 8.58. The van der Waals surface area contributed by atoms with E-state index in [0.717, 1.165) is 5.56 Å². The Morgan fingerprint density at radius 1 is 1.17 bits per heavy atom. The number of rotatable bonds is 3. The Kier molecular flexibility index (Phi) is 3.57. The molecule has 0 amide bonds. The Bertz CT molecular complexity index is 575.